The lowest BCUT2D eigenvalue weighted by Crippen LogP contribution is -2.48. The topological polar surface area (TPSA) is 51.2 Å². The first kappa shape index (κ1) is 26.1. The van der Waals surface area contributed by atoms with E-state index in [-0.39, 0.29) is 11.5 Å². The van der Waals surface area contributed by atoms with E-state index in [1.165, 1.54) is 5.56 Å². The highest BCUT2D eigenvalue weighted by Gasteiger charge is 2.35. The third-order valence-corrected chi connectivity index (χ3v) is 7.65. The lowest BCUT2D eigenvalue weighted by atomic mass is 9.91. The van der Waals surface area contributed by atoms with E-state index in [0.29, 0.717) is 35.4 Å². The van der Waals surface area contributed by atoms with E-state index >= 15 is 0 Å². The van der Waals surface area contributed by atoms with Gasteiger partial charge < -0.3 is 19.1 Å². The van der Waals surface area contributed by atoms with Gasteiger partial charge in [-0.25, -0.2) is 0 Å². The standard InChI is InChI=1S/C27H34Cl2N2O4/c1-33-27(20-35-23-8-9-24(28)25(29)18-23)10-14-30(15-11-27)19-21-5-2-6-22(17-21)34-16-4-13-31-12-3-7-26(31)32/h2,5-6,8-9,17-18H,3-4,7,10-16,19-20H2,1H3. The monoisotopic (exact) mass is 520 g/mol. The minimum atomic E-state index is -0.315. The molecule has 0 aliphatic carbocycles. The van der Waals surface area contributed by atoms with E-state index in [1.54, 1.807) is 19.2 Å². The van der Waals surface area contributed by atoms with Crippen molar-refractivity contribution in [1.29, 1.82) is 0 Å². The van der Waals surface area contributed by atoms with Crippen molar-refractivity contribution < 1.29 is 19.0 Å². The molecule has 2 fully saturated rings. The normalized spacial score (nSPS) is 18.1. The first-order chi connectivity index (χ1) is 17.0. The molecule has 2 aromatic rings. The number of nitrogens with zero attached hydrogens (tertiary/aromatic N) is 2. The molecular formula is C27H34Cl2N2O4. The molecule has 0 radical (unpaired) electrons. The summed E-state index contributed by atoms with van der Waals surface area (Å²) in [6.07, 6.45) is 4.29. The van der Waals surface area contributed by atoms with Crippen LogP contribution in [-0.2, 0) is 16.1 Å². The molecule has 2 aliphatic rings. The third-order valence-electron chi connectivity index (χ3n) is 6.91. The first-order valence-electron chi connectivity index (χ1n) is 12.3. The molecule has 4 rings (SSSR count). The molecule has 0 saturated carbocycles. The summed E-state index contributed by atoms with van der Waals surface area (Å²) in [5.74, 6) is 1.85. The zero-order valence-corrected chi connectivity index (χ0v) is 21.8. The highest BCUT2D eigenvalue weighted by atomic mass is 35.5. The number of hydrogen-bond acceptors (Lipinski definition) is 5. The second-order valence-corrected chi connectivity index (χ2v) is 10.2. The SMILES string of the molecule is COC1(COc2ccc(Cl)c(Cl)c2)CCN(Cc2cccc(OCCCN3CCCC3=O)c2)CC1. The van der Waals surface area contributed by atoms with Gasteiger partial charge in [-0.05, 0) is 55.5 Å². The Balaban J connectivity index is 1.21. The average Bonchev–Trinajstić information content (AvgIpc) is 3.28. The van der Waals surface area contributed by atoms with Gasteiger partial charge in [0.2, 0.25) is 5.91 Å². The summed E-state index contributed by atoms with van der Waals surface area (Å²) < 4.78 is 17.9. The molecule has 2 aliphatic heterocycles. The van der Waals surface area contributed by atoms with Gasteiger partial charge in [0.1, 0.15) is 23.7 Å². The lowest BCUT2D eigenvalue weighted by Gasteiger charge is -2.40. The third kappa shape index (κ3) is 7.26. The summed E-state index contributed by atoms with van der Waals surface area (Å²) in [6.45, 7) is 5.47. The van der Waals surface area contributed by atoms with Gasteiger partial charge in [0.15, 0.2) is 0 Å². The predicted molar refractivity (Wildman–Crippen MR) is 139 cm³/mol. The molecule has 0 N–H and O–H groups in total. The van der Waals surface area contributed by atoms with Gasteiger partial charge in [-0.3, -0.25) is 9.69 Å². The van der Waals surface area contributed by atoms with Crippen molar-refractivity contribution in [2.24, 2.45) is 0 Å². The van der Waals surface area contributed by atoms with Crippen molar-refractivity contribution in [1.82, 2.24) is 9.80 Å². The minimum Gasteiger partial charge on any atom is -0.494 e. The maximum atomic E-state index is 11.7. The van der Waals surface area contributed by atoms with Crippen LogP contribution >= 0.6 is 23.2 Å². The van der Waals surface area contributed by atoms with E-state index in [4.69, 9.17) is 37.4 Å². The van der Waals surface area contributed by atoms with Crippen LogP contribution < -0.4 is 9.47 Å². The second-order valence-electron chi connectivity index (χ2n) is 9.36. The summed E-state index contributed by atoms with van der Waals surface area (Å²) >= 11 is 12.1. The number of carbonyl (C=O) groups is 1. The maximum Gasteiger partial charge on any atom is 0.222 e. The highest BCUT2D eigenvalue weighted by molar-refractivity contribution is 6.42. The number of carbonyl (C=O) groups excluding carboxylic acids is 1. The van der Waals surface area contributed by atoms with Crippen molar-refractivity contribution in [3.8, 4) is 11.5 Å². The van der Waals surface area contributed by atoms with Gasteiger partial charge in [0.25, 0.3) is 0 Å². The molecule has 190 valence electrons. The Kier molecular flexibility index (Phi) is 9.17. The molecule has 0 spiro atoms. The zero-order chi connectivity index (χ0) is 24.7. The number of amides is 1. The van der Waals surface area contributed by atoms with Crippen LogP contribution in [0.15, 0.2) is 42.5 Å². The Labute approximate surface area is 218 Å². The molecule has 0 atom stereocenters. The molecule has 8 heteroatoms. The summed E-state index contributed by atoms with van der Waals surface area (Å²) in [4.78, 5) is 16.1. The molecule has 2 aromatic carbocycles. The first-order valence-corrected chi connectivity index (χ1v) is 13.1. The Morgan fingerprint density at radius 2 is 1.77 bits per heavy atom. The molecular weight excluding hydrogens is 487 g/mol. The van der Waals surface area contributed by atoms with Crippen LogP contribution in [0.25, 0.3) is 0 Å². The number of piperidine rings is 1. The zero-order valence-electron chi connectivity index (χ0n) is 20.3. The molecule has 2 heterocycles. The van der Waals surface area contributed by atoms with Gasteiger partial charge >= 0.3 is 0 Å². The largest absolute Gasteiger partial charge is 0.494 e. The van der Waals surface area contributed by atoms with Crippen molar-refractivity contribution in [3.63, 3.8) is 0 Å². The van der Waals surface area contributed by atoms with E-state index < -0.39 is 0 Å². The van der Waals surface area contributed by atoms with Crippen LogP contribution in [0.3, 0.4) is 0 Å². The van der Waals surface area contributed by atoms with Gasteiger partial charge in [0.05, 0.1) is 16.7 Å². The molecule has 2 saturated heterocycles. The summed E-state index contributed by atoms with van der Waals surface area (Å²) in [6, 6.07) is 13.6. The van der Waals surface area contributed by atoms with Crippen LogP contribution in [0.2, 0.25) is 10.0 Å². The number of rotatable bonds is 11. The molecule has 0 unspecified atom stereocenters. The minimum absolute atomic E-state index is 0.270. The van der Waals surface area contributed by atoms with Crippen LogP contribution in [-0.4, -0.2) is 67.8 Å². The quantitative estimate of drug-likeness (QED) is 0.369. The fourth-order valence-electron chi connectivity index (χ4n) is 4.69. The molecule has 0 bridgehead atoms. The van der Waals surface area contributed by atoms with Gasteiger partial charge in [-0.1, -0.05) is 35.3 Å². The van der Waals surface area contributed by atoms with Crippen molar-refractivity contribution >= 4 is 29.1 Å². The van der Waals surface area contributed by atoms with E-state index in [1.807, 2.05) is 23.1 Å². The smallest absolute Gasteiger partial charge is 0.222 e. The maximum absolute atomic E-state index is 11.7. The van der Waals surface area contributed by atoms with Crippen molar-refractivity contribution in [3.05, 3.63) is 58.1 Å². The Morgan fingerprint density at radius 3 is 2.49 bits per heavy atom. The number of benzene rings is 2. The van der Waals surface area contributed by atoms with E-state index in [0.717, 1.165) is 64.2 Å². The molecule has 6 nitrogen and oxygen atoms in total. The van der Waals surface area contributed by atoms with Crippen LogP contribution in [0.5, 0.6) is 11.5 Å². The van der Waals surface area contributed by atoms with Gasteiger partial charge in [-0.2, -0.15) is 0 Å². The highest BCUT2D eigenvalue weighted by Crippen LogP contribution is 2.30. The number of methoxy groups -OCH3 is 1. The number of ether oxygens (including phenoxy) is 3. The molecule has 1 amide bonds. The molecule has 35 heavy (non-hydrogen) atoms. The number of halogens is 2. The van der Waals surface area contributed by atoms with E-state index in [2.05, 4.69) is 17.0 Å². The van der Waals surface area contributed by atoms with E-state index in [9.17, 15) is 4.79 Å². The Morgan fingerprint density at radius 1 is 0.971 bits per heavy atom. The number of likely N-dealkylation sites (tertiary alicyclic amines) is 2. The van der Waals surface area contributed by atoms with Gasteiger partial charge in [0, 0.05) is 52.3 Å². The fourth-order valence-corrected chi connectivity index (χ4v) is 4.97. The Hall–Kier alpha value is -1.99. The average molecular weight is 521 g/mol. The fraction of sp³-hybridized carbons (Fsp3) is 0.519. The summed E-state index contributed by atoms with van der Waals surface area (Å²) in [5.41, 5.74) is 0.916. The van der Waals surface area contributed by atoms with Crippen LogP contribution in [0.4, 0.5) is 0 Å². The molecule has 0 aromatic heterocycles. The summed E-state index contributed by atoms with van der Waals surface area (Å²) in [7, 11) is 1.76. The van der Waals surface area contributed by atoms with Gasteiger partial charge in [-0.15, -0.1) is 0 Å². The number of hydrogen-bond donors (Lipinski definition) is 0. The lowest BCUT2D eigenvalue weighted by molar-refractivity contribution is -0.127. The van der Waals surface area contributed by atoms with Crippen LogP contribution in [0, 0.1) is 0 Å². The van der Waals surface area contributed by atoms with Crippen LogP contribution in [0.1, 0.15) is 37.7 Å². The van der Waals surface area contributed by atoms with Crippen molar-refractivity contribution in [2.75, 3.05) is 46.5 Å². The summed E-state index contributed by atoms with van der Waals surface area (Å²) in [5, 5.41) is 1.00. The van der Waals surface area contributed by atoms with Crippen molar-refractivity contribution in [2.45, 2.75) is 44.2 Å². The second kappa shape index (κ2) is 12.3. The Bertz CT molecular complexity index is 995. The predicted octanol–water partition coefficient (Wildman–Crippen LogP) is 5.44.